The normalized spacial score (nSPS) is 26.7. The third-order valence-corrected chi connectivity index (χ3v) is 7.23. The average Bonchev–Trinajstić information content (AvgIpc) is 3.19. The van der Waals surface area contributed by atoms with Crippen molar-refractivity contribution in [2.24, 2.45) is 0 Å². The second-order valence-corrected chi connectivity index (χ2v) is 9.80. The van der Waals surface area contributed by atoms with Gasteiger partial charge < -0.3 is 9.91 Å². The Balaban J connectivity index is 1.46. The van der Waals surface area contributed by atoms with Gasteiger partial charge in [0.1, 0.15) is 0 Å². The van der Waals surface area contributed by atoms with Crippen molar-refractivity contribution in [2.45, 2.75) is 83.8 Å². The Labute approximate surface area is 188 Å². The fraction of sp³-hybridized carbons (Fsp3) is 0.654. The molecule has 5 nitrogen and oxygen atoms in total. The highest BCUT2D eigenvalue weighted by atomic mass is 16.2. The van der Waals surface area contributed by atoms with Gasteiger partial charge in [-0.25, -0.2) is 5.43 Å². The van der Waals surface area contributed by atoms with Crippen LogP contribution >= 0.6 is 0 Å². The fourth-order valence-corrected chi connectivity index (χ4v) is 5.35. The van der Waals surface area contributed by atoms with Crippen molar-refractivity contribution in [3.63, 3.8) is 0 Å². The number of hydrogen-bond donors (Lipinski definition) is 1. The van der Waals surface area contributed by atoms with Crippen LogP contribution in [0.4, 0.5) is 0 Å². The van der Waals surface area contributed by atoms with Gasteiger partial charge in [0, 0.05) is 31.4 Å². The van der Waals surface area contributed by atoms with Crippen LogP contribution in [-0.4, -0.2) is 59.0 Å². The molecule has 1 aromatic carbocycles. The Morgan fingerprint density at radius 3 is 2.71 bits per heavy atom. The van der Waals surface area contributed by atoms with Crippen LogP contribution in [0.5, 0.6) is 0 Å². The molecular weight excluding hydrogens is 384 g/mol. The molecule has 0 radical (unpaired) electrons. The zero-order valence-electron chi connectivity index (χ0n) is 19.6. The van der Waals surface area contributed by atoms with E-state index in [9.17, 15) is 4.79 Å². The molecule has 1 N–H and O–H groups in total. The third-order valence-electron chi connectivity index (χ3n) is 7.23. The summed E-state index contributed by atoms with van der Waals surface area (Å²) in [6, 6.07) is 9.88. The Bertz CT molecular complexity index is 774. The number of piperidine rings is 1. The average molecular weight is 425 g/mol. The Hall–Kier alpha value is -1.85. The lowest BCUT2D eigenvalue weighted by Crippen LogP contribution is -2.56. The summed E-state index contributed by atoms with van der Waals surface area (Å²) >= 11 is 0. The number of hydrogen-bond acceptors (Lipinski definition) is 4. The number of carbonyl (C=O) groups is 1. The van der Waals surface area contributed by atoms with Gasteiger partial charge in [0.15, 0.2) is 0 Å². The molecule has 31 heavy (non-hydrogen) atoms. The number of nitrogens with zero attached hydrogens (tertiary/aromatic N) is 3. The number of aryl methyl sites for hydroxylation is 1. The molecule has 3 aliphatic rings. The van der Waals surface area contributed by atoms with Crippen LogP contribution in [0.15, 0.2) is 36.0 Å². The lowest BCUT2D eigenvalue weighted by molar-refractivity contribution is -0.136. The maximum atomic E-state index is 13.1. The highest BCUT2D eigenvalue weighted by Gasteiger charge is 2.36. The molecule has 3 aliphatic heterocycles. The number of likely N-dealkylation sites (tertiary alicyclic amines) is 1. The number of piperazine rings is 1. The maximum Gasteiger partial charge on any atom is 0.237 e. The lowest BCUT2D eigenvalue weighted by atomic mass is 10.0. The number of carbonyl (C=O) groups excluding carboxylic acids is 1. The summed E-state index contributed by atoms with van der Waals surface area (Å²) in [5.41, 5.74) is 7.70. The minimum atomic E-state index is 0.224. The van der Waals surface area contributed by atoms with Gasteiger partial charge in [-0.15, -0.1) is 0 Å². The zero-order chi connectivity index (χ0) is 21.8. The van der Waals surface area contributed by atoms with E-state index in [4.69, 9.17) is 0 Å². The van der Waals surface area contributed by atoms with E-state index in [1.807, 2.05) is 0 Å². The molecule has 170 valence electrons. The van der Waals surface area contributed by atoms with Gasteiger partial charge in [-0.2, -0.15) is 0 Å². The van der Waals surface area contributed by atoms with E-state index in [1.165, 1.54) is 48.9 Å². The van der Waals surface area contributed by atoms with Crippen LogP contribution in [0.2, 0.25) is 0 Å². The predicted octanol–water partition coefficient (Wildman–Crippen LogP) is 4.41. The van der Waals surface area contributed by atoms with Gasteiger partial charge in [-0.1, -0.05) is 56.0 Å². The fourth-order valence-electron chi connectivity index (χ4n) is 5.35. The molecule has 0 bridgehead atoms. The summed E-state index contributed by atoms with van der Waals surface area (Å²) in [5.74, 6) is 0.314. The predicted molar refractivity (Wildman–Crippen MR) is 126 cm³/mol. The van der Waals surface area contributed by atoms with Gasteiger partial charge in [0.2, 0.25) is 5.91 Å². The summed E-state index contributed by atoms with van der Waals surface area (Å²) in [6.07, 6.45) is 10.8. The van der Waals surface area contributed by atoms with Crippen LogP contribution in [0, 0.1) is 6.92 Å². The monoisotopic (exact) mass is 424 g/mol. The number of unbranched alkanes of at least 4 members (excludes halogenated alkanes) is 2. The molecule has 0 saturated carbocycles. The summed E-state index contributed by atoms with van der Waals surface area (Å²) < 4.78 is 0. The van der Waals surface area contributed by atoms with Crippen molar-refractivity contribution in [1.82, 2.24) is 20.2 Å². The first-order chi connectivity index (χ1) is 15.0. The number of benzene rings is 1. The standard InChI is InChI=1S/C26H40N4O/c1-4-5-6-10-23-17-28(19-26(31)29-15-8-7-9-21(29)3)18-24-16-25(27-30(23)24)22-13-11-20(2)12-14-22/h11-14,16,21,23,25,27H,4-10,15,17-19H2,1-3H3. The van der Waals surface area contributed by atoms with Crippen LogP contribution in [0.3, 0.4) is 0 Å². The first-order valence-corrected chi connectivity index (χ1v) is 12.4. The van der Waals surface area contributed by atoms with Crippen molar-refractivity contribution < 1.29 is 4.79 Å². The minimum absolute atomic E-state index is 0.224. The summed E-state index contributed by atoms with van der Waals surface area (Å²) in [7, 11) is 0. The van der Waals surface area contributed by atoms with Gasteiger partial charge in [0.05, 0.1) is 18.6 Å². The minimum Gasteiger partial charge on any atom is -0.339 e. The number of fused-ring (bicyclic) bond motifs is 1. The van der Waals surface area contributed by atoms with Gasteiger partial charge in [-0.3, -0.25) is 9.69 Å². The van der Waals surface area contributed by atoms with Crippen LogP contribution in [0.25, 0.3) is 0 Å². The van der Waals surface area contributed by atoms with Crippen molar-refractivity contribution in [2.75, 3.05) is 26.2 Å². The quantitative estimate of drug-likeness (QED) is 0.658. The number of nitrogens with one attached hydrogen (secondary N) is 1. The molecule has 3 heterocycles. The molecule has 5 heteroatoms. The van der Waals surface area contributed by atoms with Gasteiger partial charge in [0.25, 0.3) is 0 Å². The van der Waals surface area contributed by atoms with Crippen LogP contribution < -0.4 is 5.43 Å². The van der Waals surface area contributed by atoms with Crippen LogP contribution in [0.1, 0.15) is 76.0 Å². The van der Waals surface area contributed by atoms with Crippen molar-refractivity contribution in [1.29, 1.82) is 0 Å². The summed E-state index contributed by atoms with van der Waals surface area (Å²) in [5, 5.41) is 2.42. The van der Waals surface area contributed by atoms with Gasteiger partial charge >= 0.3 is 0 Å². The maximum absolute atomic E-state index is 13.1. The smallest absolute Gasteiger partial charge is 0.237 e. The van der Waals surface area contributed by atoms with Crippen molar-refractivity contribution >= 4 is 5.91 Å². The van der Waals surface area contributed by atoms with Crippen molar-refractivity contribution in [3.8, 4) is 0 Å². The molecular formula is C26H40N4O. The van der Waals surface area contributed by atoms with E-state index in [0.717, 1.165) is 32.5 Å². The molecule has 0 aromatic heterocycles. The lowest BCUT2D eigenvalue weighted by Gasteiger charge is -2.43. The van der Waals surface area contributed by atoms with E-state index in [-0.39, 0.29) is 6.04 Å². The first-order valence-electron chi connectivity index (χ1n) is 12.4. The molecule has 3 atom stereocenters. The van der Waals surface area contributed by atoms with E-state index < -0.39 is 0 Å². The Kier molecular flexibility index (Phi) is 7.34. The first kappa shape index (κ1) is 22.3. The molecule has 2 saturated heterocycles. The van der Waals surface area contributed by atoms with Crippen LogP contribution in [-0.2, 0) is 4.79 Å². The number of hydrazine groups is 1. The highest BCUT2D eigenvalue weighted by Crippen LogP contribution is 2.31. The SMILES string of the molecule is CCCCCC1CN(CC(=O)N2CCCCC2C)CC2=CC(c3ccc(C)cc3)NN21. The number of amides is 1. The highest BCUT2D eigenvalue weighted by molar-refractivity contribution is 5.78. The largest absolute Gasteiger partial charge is 0.339 e. The van der Waals surface area contributed by atoms with Gasteiger partial charge in [-0.05, 0) is 51.2 Å². The summed E-state index contributed by atoms with van der Waals surface area (Å²) in [6.45, 7) is 9.90. The number of rotatable bonds is 7. The van der Waals surface area contributed by atoms with E-state index in [0.29, 0.717) is 24.5 Å². The topological polar surface area (TPSA) is 38.8 Å². The third kappa shape index (κ3) is 5.32. The van der Waals surface area contributed by atoms with E-state index >= 15 is 0 Å². The molecule has 1 amide bonds. The Morgan fingerprint density at radius 1 is 1.16 bits per heavy atom. The Morgan fingerprint density at radius 2 is 1.97 bits per heavy atom. The summed E-state index contributed by atoms with van der Waals surface area (Å²) in [4.78, 5) is 17.6. The van der Waals surface area contributed by atoms with E-state index in [1.54, 1.807) is 0 Å². The molecule has 2 fully saturated rings. The van der Waals surface area contributed by atoms with E-state index in [2.05, 4.69) is 71.3 Å². The molecule has 1 aromatic rings. The van der Waals surface area contributed by atoms with Crippen molar-refractivity contribution in [3.05, 3.63) is 47.2 Å². The molecule has 4 rings (SSSR count). The second-order valence-electron chi connectivity index (χ2n) is 9.80. The zero-order valence-corrected chi connectivity index (χ0v) is 19.6. The molecule has 0 spiro atoms. The molecule has 0 aliphatic carbocycles. The second kappa shape index (κ2) is 10.2. The molecule has 3 unspecified atom stereocenters.